The second-order valence-corrected chi connectivity index (χ2v) is 4.38. The fraction of sp³-hybridized carbons (Fsp3) is 0.462. The van der Waals surface area contributed by atoms with E-state index in [0.29, 0.717) is 12.0 Å². The van der Waals surface area contributed by atoms with Gasteiger partial charge in [-0.25, -0.2) is 0 Å². The molecule has 0 spiro atoms. The average Bonchev–Trinajstić information content (AvgIpc) is 2.78. The summed E-state index contributed by atoms with van der Waals surface area (Å²) in [5.41, 5.74) is 1.26. The van der Waals surface area contributed by atoms with E-state index < -0.39 is 0 Å². The molecule has 3 heteroatoms. The van der Waals surface area contributed by atoms with E-state index in [1.807, 2.05) is 17.0 Å². The van der Waals surface area contributed by atoms with E-state index in [1.54, 1.807) is 7.11 Å². The number of allylic oxidation sites excluding steroid dienone is 4. The molecule has 1 heterocycles. The molecule has 3 nitrogen and oxygen atoms in total. The van der Waals surface area contributed by atoms with E-state index in [4.69, 9.17) is 4.74 Å². The molecule has 0 N–H and O–H groups in total. The first-order valence-electron chi connectivity index (χ1n) is 5.66. The van der Waals surface area contributed by atoms with Gasteiger partial charge >= 0.3 is 0 Å². The topological polar surface area (TPSA) is 27.1 Å². The molecule has 0 saturated carbocycles. The maximum Gasteiger partial charge on any atom is 0.0964 e. The molecule has 1 aromatic rings. The van der Waals surface area contributed by atoms with Crippen LogP contribution in [0.15, 0.2) is 36.4 Å². The molecule has 0 radical (unpaired) electrons. The van der Waals surface area contributed by atoms with Gasteiger partial charge in [0.25, 0.3) is 0 Å². The van der Waals surface area contributed by atoms with Gasteiger partial charge in [-0.3, -0.25) is 4.68 Å². The van der Waals surface area contributed by atoms with Crippen LogP contribution in [-0.4, -0.2) is 16.9 Å². The van der Waals surface area contributed by atoms with Crippen molar-refractivity contribution in [2.75, 3.05) is 7.11 Å². The Labute approximate surface area is 96.4 Å². The molecule has 0 amide bonds. The van der Waals surface area contributed by atoms with Crippen molar-refractivity contribution >= 4 is 0 Å². The summed E-state index contributed by atoms with van der Waals surface area (Å²) in [6, 6.07) is 0.416. The summed E-state index contributed by atoms with van der Waals surface area (Å²) >= 11 is 0. The minimum atomic E-state index is 0.396. The van der Waals surface area contributed by atoms with Crippen LogP contribution in [0, 0.1) is 0 Å². The molecule has 1 aliphatic rings. The molecule has 86 valence electrons. The van der Waals surface area contributed by atoms with Gasteiger partial charge in [0.2, 0.25) is 0 Å². The van der Waals surface area contributed by atoms with E-state index in [2.05, 4.69) is 37.3 Å². The molecule has 0 aromatic carbocycles. The first-order chi connectivity index (χ1) is 7.70. The highest BCUT2D eigenvalue weighted by Gasteiger charge is 2.16. The lowest BCUT2D eigenvalue weighted by molar-refractivity contribution is 0.272. The van der Waals surface area contributed by atoms with Crippen LogP contribution in [0.5, 0.6) is 0 Å². The number of hydrogen-bond acceptors (Lipinski definition) is 2. The van der Waals surface area contributed by atoms with Crippen molar-refractivity contribution in [1.29, 1.82) is 0 Å². The van der Waals surface area contributed by atoms with Crippen LogP contribution in [0.2, 0.25) is 0 Å². The highest BCUT2D eigenvalue weighted by Crippen LogP contribution is 2.28. The third-order valence-electron chi connectivity index (χ3n) is 2.89. The van der Waals surface area contributed by atoms with Gasteiger partial charge in [0.15, 0.2) is 0 Å². The molecule has 1 aromatic heterocycles. The van der Waals surface area contributed by atoms with Crippen molar-refractivity contribution in [2.24, 2.45) is 0 Å². The van der Waals surface area contributed by atoms with Crippen molar-refractivity contribution < 1.29 is 4.74 Å². The van der Waals surface area contributed by atoms with Crippen molar-refractivity contribution in [1.82, 2.24) is 9.78 Å². The molecule has 0 fully saturated rings. The number of methoxy groups -OCH3 is 1. The summed E-state index contributed by atoms with van der Waals surface area (Å²) in [5, 5.41) is 4.36. The standard InChI is InChI=1S/C13H18N2O/c1-10(2)15-9-12(8-14-15)11-5-4-6-13(7-11)16-3/h4-6,8-11H,7H2,1-3H3. The second kappa shape index (κ2) is 4.56. The minimum Gasteiger partial charge on any atom is -0.501 e. The predicted octanol–water partition coefficient (Wildman–Crippen LogP) is 3.04. The van der Waals surface area contributed by atoms with Gasteiger partial charge in [-0.05, 0) is 25.5 Å². The average molecular weight is 218 g/mol. The minimum absolute atomic E-state index is 0.396. The Hall–Kier alpha value is -1.51. The number of hydrogen-bond donors (Lipinski definition) is 0. The van der Waals surface area contributed by atoms with E-state index in [9.17, 15) is 0 Å². The highest BCUT2D eigenvalue weighted by molar-refractivity contribution is 5.27. The lowest BCUT2D eigenvalue weighted by Gasteiger charge is -2.16. The Morgan fingerprint density at radius 3 is 2.94 bits per heavy atom. The van der Waals surface area contributed by atoms with Crippen LogP contribution in [0.4, 0.5) is 0 Å². The Morgan fingerprint density at radius 1 is 1.50 bits per heavy atom. The summed E-state index contributed by atoms with van der Waals surface area (Å²) in [6.45, 7) is 4.27. The first kappa shape index (κ1) is 11.0. The highest BCUT2D eigenvalue weighted by atomic mass is 16.5. The van der Waals surface area contributed by atoms with Crippen molar-refractivity contribution in [3.8, 4) is 0 Å². The number of nitrogens with zero attached hydrogens (tertiary/aromatic N) is 2. The Kier molecular flexibility index (Phi) is 3.13. The smallest absolute Gasteiger partial charge is 0.0964 e. The lowest BCUT2D eigenvalue weighted by atomic mass is 9.94. The molecule has 0 bridgehead atoms. The normalized spacial score (nSPS) is 20.0. The maximum atomic E-state index is 5.28. The number of ether oxygens (including phenoxy) is 1. The third-order valence-corrected chi connectivity index (χ3v) is 2.89. The van der Waals surface area contributed by atoms with Crippen LogP contribution < -0.4 is 0 Å². The quantitative estimate of drug-likeness (QED) is 0.779. The third kappa shape index (κ3) is 2.18. The van der Waals surface area contributed by atoms with Gasteiger partial charge in [0, 0.05) is 24.6 Å². The monoisotopic (exact) mass is 218 g/mol. The van der Waals surface area contributed by atoms with Crippen LogP contribution in [0.1, 0.15) is 37.8 Å². The first-order valence-corrected chi connectivity index (χ1v) is 5.66. The fourth-order valence-electron chi connectivity index (χ4n) is 1.86. The summed E-state index contributed by atoms with van der Waals surface area (Å²) in [5.74, 6) is 1.43. The van der Waals surface area contributed by atoms with Gasteiger partial charge in [0.1, 0.15) is 0 Å². The fourth-order valence-corrected chi connectivity index (χ4v) is 1.86. The molecular formula is C13H18N2O. The van der Waals surface area contributed by atoms with Gasteiger partial charge in [-0.1, -0.05) is 12.2 Å². The summed E-state index contributed by atoms with van der Waals surface area (Å²) in [4.78, 5) is 0. The van der Waals surface area contributed by atoms with E-state index >= 15 is 0 Å². The Balaban J connectivity index is 2.13. The van der Waals surface area contributed by atoms with Crippen LogP contribution in [0.25, 0.3) is 0 Å². The van der Waals surface area contributed by atoms with Gasteiger partial charge in [-0.2, -0.15) is 5.10 Å². The number of aromatic nitrogens is 2. The van der Waals surface area contributed by atoms with Crippen molar-refractivity contribution in [3.05, 3.63) is 41.9 Å². The largest absolute Gasteiger partial charge is 0.501 e. The maximum absolute atomic E-state index is 5.28. The molecular weight excluding hydrogens is 200 g/mol. The van der Waals surface area contributed by atoms with Crippen LogP contribution >= 0.6 is 0 Å². The molecule has 1 aliphatic carbocycles. The lowest BCUT2D eigenvalue weighted by Crippen LogP contribution is -2.02. The van der Waals surface area contributed by atoms with Crippen LogP contribution in [-0.2, 0) is 4.74 Å². The number of rotatable bonds is 3. The summed E-state index contributed by atoms with van der Waals surface area (Å²) in [6.07, 6.45) is 11.3. The van der Waals surface area contributed by atoms with E-state index in [1.165, 1.54) is 5.56 Å². The Bertz CT molecular complexity index is 415. The van der Waals surface area contributed by atoms with Crippen LogP contribution in [0.3, 0.4) is 0 Å². The van der Waals surface area contributed by atoms with Gasteiger partial charge in [0.05, 0.1) is 19.1 Å². The zero-order chi connectivity index (χ0) is 11.5. The molecule has 0 saturated heterocycles. The van der Waals surface area contributed by atoms with E-state index in [-0.39, 0.29) is 0 Å². The van der Waals surface area contributed by atoms with E-state index in [0.717, 1.165) is 12.2 Å². The molecule has 1 unspecified atom stereocenters. The van der Waals surface area contributed by atoms with Gasteiger partial charge in [-0.15, -0.1) is 0 Å². The van der Waals surface area contributed by atoms with Crippen molar-refractivity contribution in [3.63, 3.8) is 0 Å². The zero-order valence-corrected chi connectivity index (χ0v) is 10.1. The SMILES string of the molecule is COC1=CC=CC(c2cnn(C(C)C)c2)C1. The zero-order valence-electron chi connectivity index (χ0n) is 10.1. The predicted molar refractivity (Wildman–Crippen MR) is 64.2 cm³/mol. The second-order valence-electron chi connectivity index (χ2n) is 4.38. The summed E-state index contributed by atoms with van der Waals surface area (Å²) < 4.78 is 7.27. The van der Waals surface area contributed by atoms with Gasteiger partial charge < -0.3 is 4.74 Å². The summed E-state index contributed by atoms with van der Waals surface area (Å²) in [7, 11) is 1.72. The molecule has 16 heavy (non-hydrogen) atoms. The molecule has 2 rings (SSSR count). The van der Waals surface area contributed by atoms with Crippen molar-refractivity contribution in [2.45, 2.75) is 32.2 Å². The molecule has 0 aliphatic heterocycles. The Morgan fingerprint density at radius 2 is 2.31 bits per heavy atom. The molecule has 1 atom stereocenters.